The van der Waals surface area contributed by atoms with E-state index < -0.39 is 0 Å². The van der Waals surface area contributed by atoms with E-state index in [1.165, 1.54) is 16.8 Å². The van der Waals surface area contributed by atoms with Crippen molar-refractivity contribution in [2.75, 3.05) is 13.7 Å². The molecule has 90 valence electrons. The lowest BCUT2D eigenvalue weighted by Crippen LogP contribution is -2.24. The Morgan fingerprint density at radius 3 is 3.06 bits per heavy atom. The zero-order valence-corrected chi connectivity index (χ0v) is 9.86. The number of hydrogen-bond donors (Lipinski definition) is 1. The molecular weight excluding hydrogens is 244 g/mol. The van der Waals surface area contributed by atoms with E-state index in [1.807, 2.05) is 0 Å². The first-order chi connectivity index (χ1) is 8.20. The van der Waals surface area contributed by atoms with Crippen LogP contribution in [0.15, 0.2) is 21.3 Å². The standard InChI is InChI=1S/C9H10N4O3S/c1-15-5-4-13-7(14)3-2-6(12-13)8-10-11-9(17)16-8/h2-3H,4-5H2,1H3,(H,11,17). The van der Waals surface area contributed by atoms with Crippen molar-refractivity contribution in [3.05, 3.63) is 27.3 Å². The highest BCUT2D eigenvalue weighted by Crippen LogP contribution is 2.11. The Morgan fingerprint density at radius 1 is 1.59 bits per heavy atom. The van der Waals surface area contributed by atoms with Gasteiger partial charge in [0.2, 0.25) is 0 Å². The van der Waals surface area contributed by atoms with Crippen LogP contribution in [0.5, 0.6) is 0 Å². The fourth-order valence-electron chi connectivity index (χ4n) is 1.24. The first-order valence-electron chi connectivity index (χ1n) is 4.83. The van der Waals surface area contributed by atoms with E-state index in [9.17, 15) is 4.79 Å². The van der Waals surface area contributed by atoms with E-state index in [0.717, 1.165) is 0 Å². The molecule has 0 atom stereocenters. The number of aromatic nitrogens is 4. The van der Waals surface area contributed by atoms with Gasteiger partial charge >= 0.3 is 0 Å². The van der Waals surface area contributed by atoms with E-state index in [4.69, 9.17) is 21.4 Å². The summed E-state index contributed by atoms with van der Waals surface area (Å²) in [7, 11) is 1.56. The number of methoxy groups -OCH3 is 1. The molecule has 0 radical (unpaired) electrons. The number of aromatic amines is 1. The second-order valence-electron chi connectivity index (χ2n) is 3.19. The van der Waals surface area contributed by atoms with Gasteiger partial charge in [-0.3, -0.25) is 4.79 Å². The minimum Gasteiger partial charge on any atom is -0.408 e. The third-order valence-electron chi connectivity index (χ3n) is 2.03. The van der Waals surface area contributed by atoms with Gasteiger partial charge in [0, 0.05) is 13.2 Å². The molecule has 0 spiro atoms. The Hall–Kier alpha value is -1.80. The SMILES string of the molecule is COCCn1nc(-c2n[nH]c(=S)o2)ccc1=O. The van der Waals surface area contributed by atoms with Crippen molar-refractivity contribution in [2.24, 2.45) is 0 Å². The molecule has 0 aromatic carbocycles. The maximum absolute atomic E-state index is 11.5. The summed E-state index contributed by atoms with van der Waals surface area (Å²) in [6.07, 6.45) is 0. The van der Waals surface area contributed by atoms with Crippen LogP contribution in [0.1, 0.15) is 0 Å². The third-order valence-corrected chi connectivity index (χ3v) is 2.21. The van der Waals surface area contributed by atoms with Crippen LogP contribution in [0.2, 0.25) is 0 Å². The topological polar surface area (TPSA) is 85.9 Å². The number of nitrogens with zero attached hydrogens (tertiary/aromatic N) is 3. The lowest BCUT2D eigenvalue weighted by molar-refractivity contribution is 0.182. The number of ether oxygens (including phenoxy) is 1. The molecule has 8 heteroatoms. The number of H-pyrrole nitrogens is 1. The van der Waals surface area contributed by atoms with Crippen molar-refractivity contribution in [3.8, 4) is 11.6 Å². The van der Waals surface area contributed by atoms with Crippen LogP contribution in [0, 0.1) is 4.84 Å². The molecule has 0 aliphatic rings. The second kappa shape index (κ2) is 5.02. The van der Waals surface area contributed by atoms with Gasteiger partial charge in [0.1, 0.15) is 5.69 Å². The predicted octanol–water partition coefficient (Wildman–Crippen LogP) is 0.602. The molecule has 0 aliphatic carbocycles. The molecule has 17 heavy (non-hydrogen) atoms. The van der Waals surface area contributed by atoms with Crippen molar-refractivity contribution in [1.29, 1.82) is 0 Å². The highest BCUT2D eigenvalue weighted by molar-refractivity contribution is 7.71. The molecule has 0 fully saturated rings. The fourth-order valence-corrected chi connectivity index (χ4v) is 1.36. The van der Waals surface area contributed by atoms with Gasteiger partial charge in [-0.2, -0.15) is 5.10 Å². The Morgan fingerprint density at radius 2 is 2.41 bits per heavy atom. The molecule has 1 N–H and O–H groups in total. The molecule has 2 rings (SSSR count). The van der Waals surface area contributed by atoms with E-state index >= 15 is 0 Å². The zero-order valence-electron chi connectivity index (χ0n) is 9.04. The molecular formula is C9H10N4O3S. The summed E-state index contributed by atoms with van der Waals surface area (Å²) in [5, 5.41) is 10.4. The summed E-state index contributed by atoms with van der Waals surface area (Å²) in [5.41, 5.74) is 0.230. The molecule has 0 saturated carbocycles. The van der Waals surface area contributed by atoms with E-state index in [-0.39, 0.29) is 16.3 Å². The first kappa shape index (κ1) is 11.7. The Kier molecular flexibility index (Phi) is 3.45. The Balaban J connectivity index is 2.36. The van der Waals surface area contributed by atoms with Crippen molar-refractivity contribution in [1.82, 2.24) is 20.0 Å². The van der Waals surface area contributed by atoms with Gasteiger partial charge < -0.3 is 9.15 Å². The molecule has 2 aromatic rings. The average molecular weight is 254 g/mol. The highest BCUT2D eigenvalue weighted by Gasteiger charge is 2.07. The molecule has 7 nitrogen and oxygen atoms in total. The molecule has 2 heterocycles. The summed E-state index contributed by atoms with van der Waals surface area (Å²) in [6, 6.07) is 2.92. The summed E-state index contributed by atoms with van der Waals surface area (Å²) >= 11 is 4.76. The molecule has 0 bridgehead atoms. The van der Waals surface area contributed by atoms with E-state index in [0.29, 0.717) is 18.8 Å². The smallest absolute Gasteiger partial charge is 0.284 e. The van der Waals surface area contributed by atoms with Crippen LogP contribution in [0.4, 0.5) is 0 Å². The molecule has 0 unspecified atom stereocenters. The molecule has 0 amide bonds. The maximum Gasteiger partial charge on any atom is 0.284 e. The van der Waals surface area contributed by atoms with Gasteiger partial charge in [-0.1, -0.05) is 0 Å². The van der Waals surface area contributed by atoms with Gasteiger partial charge in [0.25, 0.3) is 16.3 Å². The van der Waals surface area contributed by atoms with Crippen LogP contribution in [-0.2, 0) is 11.3 Å². The van der Waals surface area contributed by atoms with E-state index in [1.54, 1.807) is 7.11 Å². The van der Waals surface area contributed by atoms with Crippen LogP contribution >= 0.6 is 12.2 Å². The van der Waals surface area contributed by atoms with Crippen LogP contribution in [0.3, 0.4) is 0 Å². The lowest BCUT2D eigenvalue weighted by Gasteiger charge is -2.03. The minimum absolute atomic E-state index is 0.163. The summed E-state index contributed by atoms with van der Waals surface area (Å²) in [6.45, 7) is 0.773. The van der Waals surface area contributed by atoms with Crippen LogP contribution < -0.4 is 5.56 Å². The highest BCUT2D eigenvalue weighted by atomic mass is 32.1. The van der Waals surface area contributed by atoms with E-state index in [2.05, 4.69) is 15.3 Å². The maximum atomic E-state index is 11.5. The molecule has 0 aliphatic heterocycles. The molecule has 2 aromatic heterocycles. The number of nitrogens with one attached hydrogen (secondary N) is 1. The fraction of sp³-hybridized carbons (Fsp3) is 0.333. The lowest BCUT2D eigenvalue weighted by atomic mass is 10.4. The van der Waals surface area contributed by atoms with Crippen molar-refractivity contribution in [2.45, 2.75) is 6.54 Å². The average Bonchev–Trinajstić information content (AvgIpc) is 2.75. The Labute approximate surface area is 101 Å². The van der Waals surface area contributed by atoms with Gasteiger partial charge in [-0.15, -0.1) is 5.10 Å². The zero-order chi connectivity index (χ0) is 12.3. The number of rotatable bonds is 4. The first-order valence-corrected chi connectivity index (χ1v) is 5.24. The van der Waals surface area contributed by atoms with Gasteiger partial charge in [-0.05, 0) is 18.3 Å². The summed E-state index contributed by atoms with van der Waals surface area (Å²) < 4.78 is 11.3. The van der Waals surface area contributed by atoms with Gasteiger partial charge in [0.05, 0.1) is 13.2 Å². The summed E-state index contributed by atoms with van der Waals surface area (Å²) in [5.74, 6) is 0.251. The summed E-state index contributed by atoms with van der Waals surface area (Å²) in [4.78, 5) is 11.6. The predicted molar refractivity (Wildman–Crippen MR) is 61.1 cm³/mol. The van der Waals surface area contributed by atoms with Gasteiger partial charge in [0.15, 0.2) is 0 Å². The minimum atomic E-state index is -0.208. The Bertz CT molecular complexity index is 615. The second-order valence-corrected chi connectivity index (χ2v) is 3.56. The normalized spacial score (nSPS) is 10.6. The monoisotopic (exact) mass is 254 g/mol. The largest absolute Gasteiger partial charge is 0.408 e. The quantitative estimate of drug-likeness (QED) is 0.804. The van der Waals surface area contributed by atoms with Crippen LogP contribution in [0.25, 0.3) is 11.6 Å². The molecule has 0 saturated heterocycles. The van der Waals surface area contributed by atoms with Crippen molar-refractivity contribution < 1.29 is 9.15 Å². The van der Waals surface area contributed by atoms with Crippen molar-refractivity contribution >= 4 is 12.2 Å². The third kappa shape index (κ3) is 2.66. The van der Waals surface area contributed by atoms with Crippen molar-refractivity contribution in [3.63, 3.8) is 0 Å². The van der Waals surface area contributed by atoms with Gasteiger partial charge in [-0.25, -0.2) is 9.78 Å². The number of hydrogen-bond acceptors (Lipinski definition) is 6. The van der Waals surface area contributed by atoms with Crippen LogP contribution in [-0.4, -0.2) is 33.7 Å².